The highest BCUT2D eigenvalue weighted by Gasteiger charge is 2.04. The Labute approximate surface area is 88.2 Å². The summed E-state index contributed by atoms with van der Waals surface area (Å²) in [6.45, 7) is 3.90. The first-order valence-electron chi connectivity index (χ1n) is 4.69. The third-order valence-electron chi connectivity index (χ3n) is 2.18. The highest BCUT2D eigenvalue weighted by molar-refractivity contribution is 5.62. The van der Waals surface area contributed by atoms with E-state index in [0.717, 1.165) is 22.5 Å². The predicted molar refractivity (Wildman–Crippen MR) is 59.1 cm³/mol. The summed E-state index contributed by atoms with van der Waals surface area (Å²) in [7, 11) is 0. The molecule has 0 spiro atoms. The maximum Gasteiger partial charge on any atom is 0.220 e. The van der Waals surface area contributed by atoms with Gasteiger partial charge in [0.05, 0.1) is 5.69 Å². The minimum absolute atomic E-state index is 0.288. The van der Waals surface area contributed by atoms with E-state index in [1.165, 1.54) is 0 Å². The van der Waals surface area contributed by atoms with Crippen LogP contribution in [0.5, 0.6) is 0 Å². The zero-order chi connectivity index (χ0) is 10.8. The summed E-state index contributed by atoms with van der Waals surface area (Å²) >= 11 is 0. The van der Waals surface area contributed by atoms with Crippen LogP contribution in [0.25, 0.3) is 11.3 Å². The van der Waals surface area contributed by atoms with E-state index in [1.54, 1.807) is 12.4 Å². The number of nitrogens with zero attached hydrogens (tertiary/aromatic N) is 3. The Kier molecular flexibility index (Phi) is 2.33. The topological polar surface area (TPSA) is 64.7 Å². The standard InChI is InChI=1S/C11H12N4/c1-7-5-14-11(12)15-10(7)9-4-3-8(2)13-6-9/h3-6H,1-2H3,(H2,12,14,15). The number of hydrogen-bond donors (Lipinski definition) is 1. The summed E-state index contributed by atoms with van der Waals surface area (Å²) < 4.78 is 0. The van der Waals surface area contributed by atoms with Gasteiger partial charge in [0.1, 0.15) is 0 Å². The third-order valence-corrected chi connectivity index (χ3v) is 2.18. The van der Waals surface area contributed by atoms with Crippen LogP contribution in [0.15, 0.2) is 24.5 Å². The molecule has 0 bridgehead atoms. The zero-order valence-corrected chi connectivity index (χ0v) is 8.73. The number of nitrogens with two attached hydrogens (primary N) is 1. The fraction of sp³-hybridized carbons (Fsp3) is 0.182. The van der Waals surface area contributed by atoms with E-state index in [2.05, 4.69) is 15.0 Å². The van der Waals surface area contributed by atoms with Crippen molar-refractivity contribution in [1.29, 1.82) is 0 Å². The molecule has 0 radical (unpaired) electrons. The Hall–Kier alpha value is -1.97. The molecule has 0 unspecified atom stereocenters. The van der Waals surface area contributed by atoms with Crippen LogP contribution < -0.4 is 5.73 Å². The molecular formula is C11H12N4. The first-order chi connectivity index (χ1) is 7.16. The largest absolute Gasteiger partial charge is 0.368 e. The lowest BCUT2D eigenvalue weighted by Gasteiger charge is -2.04. The molecule has 15 heavy (non-hydrogen) atoms. The minimum atomic E-state index is 0.288. The van der Waals surface area contributed by atoms with Crippen molar-refractivity contribution in [3.05, 3.63) is 35.8 Å². The Morgan fingerprint density at radius 2 is 1.87 bits per heavy atom. The van der Waals surface area contributed by atoms with Crippen molar-refractivity contribution < 1.29 is 0 Å². The molecule has 4 heteroatoms. The van der Waals surface area contributed by atoms with E-state index < -0.39 is 0 Å². The molecule has 0 aliphatic rings. The molecule has 2 aromatic rings. The maximum atomic E-state index is 5.55. The van der Waals surface area contributed by atoms with Gasteiger partial charge in [0.25, 0.3) is 0 Å². The van der Waals surface area contributed by atoms with E-state index >= 15 is 0 Å². The Bertz CT molecular complexity index is 476. The highest BCUT2D eigenvalue weighted by Crippen LogP contribution is 2.20. The average Bonchev–Trinajstić information content (AvgIpc) is 2.23. The van der Waals surface area contributed by atoms with Gasteiger partial charge in [-0.3, -0.25) is 4.98 Å². The molecule has 0 atom stereocenters. The van der Waals surface area contributed by atoms with Crippen molar-refractivity contribution in [1.82, 2.24) is 15.0 Å². The van der Waals surface area contributed by atoms with Gasteiger partial charge in [0, 0.05) is 23.7 Å². The van der Waals surface area contributed by atoms with Gasteiger partial charge in [0.15, 0.2) is 0 Å². The quantitative estimate of drug-likeness (QED) is 0.761. The van der Waals surface area contributed by atoms with Crippen molar-refractivity contribution in [2.45, 2.75) is 13.8 Å². The van der Waals surface area contributed by atoms with Crippen LogP contribution in [0.1, 0.15) is 11.3 Å². The molecule has 0 aliphatic heterocycles. The van der Waals surface area contributed by atoms with Gasteiger partial charge >= 0.3 is 0 Å². The molecule has 2 rings (SSSR count). The zero-order valence-electron chi connectivity index (χ0n) is 8.73. The summed E-state index contributed by atoms with van der Waals surface area (Å²) in [5.74, 6) is 0.288. The molecule has 0 saturated heterocycles. The highest BCUT2D eigenvalue weighted by atomic mass is 15.0. The van der Waals surface area contributed by atoms with E-state index in [-0.39, 0.29) is 5.95 Å². The van der Waals surface area contributed by atoms with Crippen molar-refractivity contribution >= 4 is 5.95 Å². The van der Waals surface area contributed by atoms with Gasteiger partial charge in [0.2, 0.25) is 5.95 Å². The number of nitrogen functional groups attached to an aromatic ring is 1. The van der Waals surface area contributed by atoms with Gasteiger partial charge in [-0.2, -0.15) is 0 Å². The number of aromatic nitrogens is 3. The van der Waals surface area contributed by atoms with Crippen molar-refractivity contribution in [2.24, 2.45) is 0 Å². The average molecular weight is 200 g/mol. The summed E-state index contributed by atoms with van der Waals surface area (Å²) in [5, 5.41) is 0. The van der Waals surface area contributed by atoms with Crippen LogP contribution >= 0.6 is 0 Å². The summed E-state index contributed by atoms with van der Waals surface area (Å²) in [4.78, 5) is 12.4. The Balaban J connectivity index is 2.53. The first kappa shape index (κ1) is 9.58. The van der Waals surface area contributed by atoms with Crippen LogP contribution in [0, 0.1) is 13.8 Å². The second-order valence-electron chi connectivity index (χ2n) is 3.45. The van der Waals surface area contributed by atoms with Crippen LogP contribution in [0.4, 0.5) is 5.95 Å². The lowest BCUT2D eigenvalue weighted by Crippen LogP contribution is -1.98. The Morgan fingerprint density at radius 1 is 1.07 bits per heavy atom. The fourth-order valence-corrected chi connectivity index (χ4v) is 1.36. The van der Waals surface area contributed by atoms with E-state index in [4.69, 9.17) is 5.73 Å². The van der Waals surface area contributed by atoms with E-state index in [1.807, 2.05) is 26.0 Å². The number of pyridine rings is 1. The van der Waals surface area contributed by atoms with Crippen LogP contribution in [-0.2, 0) is 0 Å². The van der Waals surface area contributed by atoms with Crippen molar-refractivity contribution in [3.8, 4) is 11.3 Å². The molecule has 0 aliphatic carbocycles. The summed E-state index contributed by atoms with van der Waals surface area (Å²) in [5.41, 5.74) is 9.34. The molecule has 4 nitrogen and oxygen atoms in total. The van der Waals surface area contributed by atoms with Crippen molar-refractivity contribution in [3.63, 3.8) is 0 Å². The molecule has 2 aromatic heterocycles. The maximum absolute atomic E-state index is 5.55. The van der Waals surface area contributed by atoms with Crippen LogP contribution in [0.2, 0.25) is 0 Å². The predicted octanol–water partition coefficient (Wildman–Crippen LogP) is 1.74. The smallest absolute Gasteiger partial charge is 0.220 e. The minimum Gasteiger partial charge on any atom is -0.368 e. The van der Waals surface area contributed by atoms with Gasteiger partial charge in [-0.1, -0.05) is 0 Å². The fourth-order valence-electron chi connectivity index (χ4n) is 1.36. The van der Waals surface area contributed by atoms with Gasteiger partial charge in [-0.05, 0) is 31.5 Å². The number of rotatable bonds is 1. The summed E-state index contributed by atoms with van der Waals surface area (Å²) in [6.07, 6.45) is 3.52. The number of hydrogen-bond acceptors (Lipinski definition) is 4. The van der Waals surface area contributed by atoms with Gasteiger partial charge in [-0.25, -0.2) is 9.97 Å². The van der Waals surface area contributed by atoms with Crippen LogP contribution in [0.3, 0.4) is 0 Å². The molecular weight excluding hydrogens is 188 g/mol. The second kappa shape index (κ2) is 3.65. The lowest BCUT2D eigenvalue weighted by atomic mass is 10.1. The molecule has 0 saturated carbocycles. The summed E-state index contributed by atoms with van der Waals surface area (Å²) in [6, 6.07) is 3.93. The molecule has 0 amide bonds. The van der Waals surface area contributed by atoms with Crippen molar-refractivity contribution in [2.75, 3.05) is 5.73 Å². The van der Waals surface area contributed by atoms with Gasteiger partial charge < -0.3 is 5.73 Å². The van der Waals surface area contributed by atoms with Gasteiger partial charge in [-0.15, -0.1) is 0 Å². The third kappa shape index (κ3) is 1.93. The SMILES string of the molecule is Cc1ccc(-c2nc(N)ncc2C)cn1. The molecule has 0 aromatic carbocycles. The van der Waals surface area contributed by atoms with Crippen LogP contribution in [-0.4, -0.2) is 15.0 Å². The first-order valence-corrected chi connectivity index (χ1v) is 4.69. The Morgan fingerprint density at radius 3 is 2.53 bits per heavy atom. The normalized spacial score (nSPS) is 10.3. The van der Waals surface area contributed by atoms with E-state index in [9.17, 15) is 0 Å². The number of aryl methyl sites for hydroxylation is 2. The molecule has 0 fully saturated rings. The number of anilines is 1. The monoisotopic (exact) mass is 200 g/mol. The lowest BCUT2D eigenvalue weighted by molar-refractivity contribution is 1.14. The second-order valence-corrected chi connectivity index (χ2v) is 3.45. The molecule has 2 N–H and O–H groups in total. The molecule has 76 valence electrons. The molecule has 2 heterocycles. The van der Waals surface area contributed by atoms with E-state index in [0.29, 0.717) is 0 Å².